The Hall–Kier alpha value is -2.02. The summed E-state index contributed by atoms with van der Waals surface area (Å²) in [5.74, 6) is -1.61. The zero-order valence-corrected chi connectivity index (χ0v) is 9.95. The molecule has 1 fully saturated rings. The van der Waals surface area contributed by atoms with E-state index in [0.29, 0.717) is 5.69 Å². The number of hydrogen-bond acceptors (Lipinski definition) is 4. The van der Waals surface area contributed by atoms with Crippen LogP contribution in [-0.4, -0.2) is 23.6 Å². The highest BCUT2D eigenvalue weighted by Gasteiger charge is 2.29. The van der Waals surface area contributed by atoms with E-state index in [9.17, 15) is 14.4 Å². The van der Waals surface area contributed by atoms with Gasteiger partial charge in [-0.2, -0.15) is 0 Å². The summed E-state index contributed by atoms with van der Waals surface area (Å²) in [7, 11) is 0. The highest BCUT2D eigenvalue weighted by atomic mass is 79.9. The van der Waals surface area contributed by atoms with E-state index in [2.05, 4.69) is 20.9 Å². The second-order valence-electron chi connectivity index (χ2n) is 3.17. The van der Waals surface area contributed by atoms with Gasteiger partial charge in [-0.05, 0) is 24.3 Å². The Labute approximate surface area is 104 Å². The van der Waals surface area contributed by atoms with Crippen LogP contribution >= 0.6 is 15.9 Å². The number of rotatable bonds is 1. The number of halogens is 1. The molecule has 2 rings (SSSR count). The van der Waals surface area contributed by atoms with E-state index in [1.54, 1.807) is 24.3 Å². The minimum absolute atomic E-state index is 0.341. The lowest BCUT2D eigenvalue weighted by Crippen LogP contribution is -2.56. The van der Waals surface area contributed by atoms with E-state index in [4.69, 9.17) is 0 Å². The number of nitrogens with zero attached hydrogens (tertiary/aromatic N) is 1. The van der Waals surface area contributed by atoms with Crippen molar-refractivity contribution in [1.82, 2.24) is 10.6 Å². The van der Waals surface area contributed by atoms with Crippen LogP contribution in [-0.2, 0) is 9.59 Å². The molecule has 1 aromatic rings. The first-order valence-corrected chi connectivity index (χ1v) is 5.36. The highest BCUT2D eigenvalue weighted by molar-refractivity contribution is 9.10. The molecule has 17 heavy (non-hydrogen) atoms. The molecular formula is C10H6BrN3O3. The van der Waals surface area contributed by atoms with Crippen molar-refractivity contribution < 1.29 is 14.4 Å². The number of imide groups is 2. The zero-order chi connectivity index (χ0) is 12.4. The molecule has 0 saturated carbocycles. The van der Waals surface area contributed by atoms with E-state index >= 15 is 0 Å². The van der Waals surface area contributed by atoms with Crippen molar-refractivity contribution in [2.75, 3.05) is 0 Å². The molecule has 7 heteroatoms. The number of carbonyl (C=O) groups excluding carboxylic acids is 3. The van der Waals surface area contributed by atoms with Crippen LogP contribution in [0.25, 0.3) is 0 Å². The van der Waals surface area contributed by atoms with Gasteiger partial charge in [-0.1, -0.05) is 15.9 Å². The lowest BCUT2D eigenvalue weighted by Gasteiger charge is -2.12. The number of carbonyl (C=O) groups is 3. The van der Waals surface area contributed by atoms with Crippen molar-refractivity contribution in [3.63, 3.8) is 0 Å². The minimum atomic E-state index is -0.838. The van der Waals surface area contributed by atoms with Crippen LogP contribution < -0.4 is 10.6 Å². The maximum Gasteiger partial charge on any atom is 0.328 e. The fraction of sp³-hybridized carbons (Fsp3) is 0. The number of hydrogen-bond donors (Lipinski definition) is 2. The number of amides is 4. The Bertz CT molecular complexity index is 514. The van der Waals surface area contributed by atoms with Crippen LogP contribution in [0.4, 0.5) is 10.5 Å². The summed E-state index contributed by atoms with van der Waals surface area (Å²) >= 11 is 3.25. The van der Waals surface area contributed by atoms with E-state index in [1.807, 2.05) is 10.6 Å². The predicted octanol–water partition coefficient (Wildman–Crippen LogP) is 0.888. The topological polar surface area (TPSA) is 87.6 Å². The molecule has 0 unspecified atom stereocenters. The van der Waals surface area contributed by atoms with Crippen LogP contribution in [0.5, 0.6) is 0 Å². The first-order chi connectivity index (χ1) is 8.06. The fourth-order valence-corrected chi connectivity index (χ4v) is 1.47. The predicted molar refractivity (Wildman–Crippen MR) is 62.9 cm³/mol. The maximum absolute atomic E-state index is 11.4. The molecule has 6 nitrogen and oxygen atoms in total. The maximum atomic E-state index is 11.4. The lowest BCUT2D eigenvalue weighted by molar-refractivity contribution is -0.119. The Morgan fingerprint density at radius 2 is 1.47 bits per heavy atom. The average Bonchev–Trinajstić information content (AvgIpc) is 2.26. The molecule has 0 aliphatic carbocycles. The summed E-state index contributed by atoms with van der Waals surface area (Å²) in [5, 5.41) is 3.88. The molecule has 1 saturated heterocycles. The Morgan fingerprint density at radius 3 is 2.00 bits per heavy atom. The smallest absolute Gasteiger partial charge is 0.272 e. The Balaban J connectivity index is 2.32. The van der Waals surface area contributed by atoms with E-state index < -0.39 is 17.8 Å². The lowest BCUT2D eigenvalue weighted by atomic mass is 10.2. The van der Waals surface area contributed by atoms with Gasteiger partial charge in [-0.3, -0.25) is 20.2 Å². The molecule has 0 spiro atoms. The summed E-state index contributed by atoms with van der Waals surface area (Å²) in [6.45, 7) is 0. The monoisotopic (exact) mass is 295 g/mol. The van der Waals surface area contributed by atoms with Gasteiger partial charge in [0.05, 0.1) is 5.69 Å². The van der Waals surface area contributed by atoms with E-state index in [-0.39, 0.29) is 5.71 Å². The Kier molecular flexibility index (Phi) is 3.01. The van der Waals surface area contributed by atoms with Crippen molar-refractivity contribution in [3.05, 3.63) is 28.7 Å². The first-order valence-electron chi connectivity index (χ1n) is 4.57. The van der Waals surface area contributed by atoms with Gasteiger partial charge in [0.2, 0.25) is 0 Å². The molecule has 2 N–H and O–H groups in total. The van der Waals surface area contributed by atoms with E-state index in [1.165, 1.54) is 0 Å². The Morgan fingerprint density at radius 1 is 0.941 bits per heavy atom. The highest BCUT2D eigenvalue weighted by Crippen LogP contribution is 2.17. The summed E-state index contributed by atoms with van der Waals surface area (Å²) in [5.41, 5.74) is 0.106. The molecule has 1 heterocycles. The van der Waals surface area contributed by atoms with Crippen molar-refractivity contribution >= 4 is 45.2 Å². The molecule has 1 aromatic carbocycles. The number of urea groups is 1. The average molecular weight is 296 g/mol. The van der Waals surface area contributed by atoms with Gasteiger partial charge in [0.15, 0.2) is 5.71 Å². The van der Waals surface area contributed by atoms with Gasteiger partial charge in [-0.15, -0.1) is 0 Å². The van der Waals surface area contributed by atoms with Gasteiger partial charge in [0, 0.05) is 4.47 Å². The molecule has 86 valence electrons. The SMILES string of the molecule is O=C1NC(=O)C(=Nc2ccc(Br)cc2)C(=O)N1. The van der Waals surface area contributed by atoms with Crippen LogP contribution in [0.1, 0.15) is 0 Å². The molecule has 0 radical (unpaired) electrons. The molecule has 1 aliphatic rings. The fourth-order valence-electron chi connectivity index (χ4n) is 1.21. The third-order valence-corrected chi connectivity index (χ3v) is 2.48. The van der Waals surface area contributed by atoms with E-state index in [0.717, 1.165) is 4.47 Å². The third kappa shape index (κ3) is 2.56. The van der Waals surface area contributed by atoms with Gasteiger partial charge < -0.3 is 0 Å². The second-order valence-corrected chi connectivity index (χ2v) is 4.09. The summed E-state index contributed by atoms with van der Waals surface area (Å²) in [4.78, 5) is 37.4. The van der Waals surface area contributed by atoms with Gasteiger partial charge in [-0.25, -0.2) is 9.79 Å². The normalized spacial score (nSPS) is 15.4. The van der Waals surface area contributed by atoms with Crippen LogP contribution in [0.15, 0.2) is 33.7 Å². The van der Waals surface area contributed by atoms with Crippen molar-refractivity contribution in [2.45, 2.75) is 0 Å². The number of aliphatic imine (C=N–C) groups is 1. The van der Waals surface area contributed by atoms with Gasteiger partial charge in [0.25, 0.3) is 11.8 Å². The van der Waals surface area contributed by atoms with Crippen molar-refractivity contribution in [1.29, 1.82) is 0 Å². The van der Waals surface area contributed by atoms with Crippen LogP contribution in [0.2, 0.25) is 0 Å². The number of benzene rings is 1. The molecule has 0 aromatic heterocycles. The first kappa shape index (κ1) is 11.5. The zero-order valence-electron chi connectivity index (χ0n) is 8.36. The van der Waals surface area contributed by atoms with Gasteiger partial charge >= 0.3 is 6.03 Å². The number of nitrogens with one attached hydrogen (secondary N) is 2. The molecular weight excluding hydrogens is 290 g/mol. The number of barbiturate groups is 1. The van der Waals surface area contributed by atoms with Gasteiger partial charge in [0.1, 0.15) is 0 Å². The minimum Gasteiger partial charge on any atom is -0.272 e. The summed E-state index contributed by atoms with van der Waals surface area (Å²) in [6, 6.07) is 5.88. The summed E-state index contributed by atoms with van der Waals surface area (Å²) in [6.07, 6.45) is 0. The largest absolute Gasteiger partial charge is 0.328 e. The molecule has 1 aliphatic heterocycles. The van der Waals surface area contributed by atoms with Crippen molar-refractivity contribution in [3.8, 4) is 0 Å². The molecule has 0 bridgehead atoms. The summed E-state index contributed by atoms with van der Waals surface area (Å²) < 4.78 is 0.856. The molecule has 4 amide bonds. The van der Waals surface area contributed by atoms with Crippen molar-refractivity contribution in [2.24, 2.45) is 4.99 Å². The van der Waals surface area contributed by atoms with Crippen LogP contribution in [0.3, 0.4) is 0 Å². The standard InChI is InChI=1S/C10H6BrN3O3/c11-5-1-3-6(4-2-5)12-7-8(15)13-10(17)14-9(7)16/h1-4H,(H2,13,14,15,16,17). The molecule has 0 atom stereocenters. The quantitative estimate of drug-likeness (QED) is 0.806. The van der Waals surface area contributed by atoms with Crippen LogP contribution in [0, 0.1) is 0 Å². The third-order valence-electron chi connectivity index (χ3n) is 1.95. The second kappa shape index (κ2) is 4.46.